The van der Waals surface area contributed by atoms with Crippen molar-refractivity contribution >= 4 is 17.7 Å². The van der Waals surface area contributed by atoms with Crippen LogP contribution >= 0.6 is 0 Å². The second kappa shape index (κ2) is 11.6. The Kier molecular flexibility index (Phi) is 8.88. The summed E-state index contributed by atoms with van der Waals surface area (Å²) >= 11 is 0. The van der Waals surface area contributed by atoms with Crippen LogP contribution in [0, 0.1) is 0 Å². The van der Waals surface area contributed by atoms with Crippen LogP contribution in [0.15, 0.2) is 42.6 Å². The molecule has 0 spiro atoms. The Bertz CT molecular complexity index is 865. The number of benzene rings is 1. The van der Waals surface area contributed by atoms with Crippen molar-refractivity contribution in [3.05, 3.63) is 48.2 Å². The molecule has 0 saturated heterocycles. The minimum absolute atomic E-state index is 0.0508. The van der Waals surface area contributed by atoms with Crippen LogP contribution in [0.2, 0.25) is 0 Å². The van der Waals surface area contributed by atoms with Crippen LogP contribution in [0.3, 0.4) is 0 Å². The number of anilines is 1. The Morgan fingerprint density at radius 2 is 1.90 bits per heavy atom. The summed E-state index contributed by atoms with van der Waals surface area (Å²) in [5, 5.41) is 2.54. The Labute approximate surface area is 169 Å². The van der Waals surface area contributed by atoms with E-state index in [4.69, 9.17) is 9.47 Å². The van der Waals surface area contributed by atoms with Gasteiger partial charge in [-0.25, -0.2) is 4.98 Å². The number of rotatable bonds is 11. The van der Waals surface area contributed by atoms with E-state index in [2.05, 4.69) is 19.8 Å². The number of nitrogens with one attached hydrogen (secondary N) is 1. The molecule has 11 heteroatoms. The maximum Gasteiger partial charge on any atom is 0.387 e. The van der Waals surface area contributed by atoms with Gasteiger partial charge < -0.3 is 24.3 Å². The lowest BCUT2D eigenvalue weighted by Crippen LogP contribution is -2.12. The summed E-state index contributed by atoms with van der Waals surface area (Å²) in [5.41, 5.74) is 0.336. The summed E-state index contributed by atoms with van der Waals surface area (Å²) in [5.74, 6) is -1.24. The van der Waals surface area contributed by atoms with E-state index in [0.717, 1.165) is 18.2 Å². The summed E-state index contributed by atoms with van der Waals surface area (Å²) in [6.07, 6.45) is 3.71. The molecule has 0 atom stereocenters. The molecule has 2 rings (SSSR count). The number of carbonyl (C=O) groups is 1. The number of alkyl halides is 4. The predicted molar refractivity (Wildman–Crippen MR) is 99.0 cm³/mol. The van der Waals surface area contributed by atoms with E-state index in [0.29, 0.717) is 6.61 Å². The Balaban J connectivity index is 2.12. The molecule has 30 heavy (non-hydrogen) atoms. The highest BCUT2D eigenvalue weighted by atomic mass is 19.3. The van der Waals surface area contributed by atoms with Gasteiger partial charge in [0.05, 0.1) is 6.61 Å². The lowest BCUT2D eigenvalue weighted by atomic mass is 10.1. The standard InChI is InChI=1S/C19H18F4N2O5/c1-27-9-10-28-17-14(3-2-8-24-17)25-16(26)7-5-12-4-6-13(29-18(20)21)11-15(12)30-19(22)23/h2-8,11,18-19H,9-10H2,1H3,(H,25,26)/b7-5+. The van der Waals surface area contributed by atoms with Gasteiger partial charge in [-0.05, 0) is 30.3 Å². The van der Waals surface area contributed by atoms with Crippen molar-refractivity contribution in [2.75, 3.05) is 25.6 Å². The number of aromatic nitrogens is 1. The van der Waals surface area contributed by atoms with Crippen LogP contribution in [-0.2, 0) is 9.53 Å². The molecule has 1 aromatic heterocycles. The first-order valence-electron chi connectivity index (χ1n) is 8.48. The molecule has 7 nitrogen and oxygen atoms in total. The summed E-state index contributed by atoms with van der Waals surface area (Å²) in [4.78, 5) is 16.2. The third-order valence-corrected chi connectivity index (χ3v) is 3.40. The first-order chi connectivity index (χ1) is 14.4. The van der Waals surface area contributed by atoms with Crippen molar-refractivity contribution < 1.29 is 41.3 Å². The van der Waals surface area contributed by atoms with E-state index in [9.17, 15) is 22.4 Å². The van der Waals surface area contributed by atoms with E-state index in [1.54, 1.807) is 12.1 Å². The van der Waals surface area contributed by atoms with Gasteiger partial charge in [-0.15, -0.1) is 0 Å². The van der Waals surface area contributed by atoms with Crippen molar-refractivity contribution in [3.8, 4) is 17.4 Å². The molecule has 0 radical (unpaired) electrons. The van der Waals surface area contributed by atoms with Crippen LogP contribution in [0.25, 0.3) is 6.08 Å². The lowest BCUT2D eigenvalue weighted by molar-refractivity contribution is -0.111. The number of ether oxygens (including phenoxy) is 4. The molecule has 0 aliphatic rings. The van der Waals surface area contributed by atoms with E-state index in [1.807, 2.05) is 0 Å². The maximum atomic E-state index is 12.6. The highest BCUT2D eigenvalue weighted by Gasteiger charge is 2.13. The predicted octanol–water partition coefficient (Wildman–Crippen LogP) is 3.96. The topological polar surface area (TPSA) is 78.9 Å². The van der Waals surface area contributed by atoms with E-state index in [1.165, 1.54) is 25.4 Å². The molecule has 1 N–H and O–H groups in total. The minimum Gasteiger partial charge on any atom is -0.474 e. The number of hydrogen-bond acceptors (Lipinski definition) is 6. The average molecular weight is 430 g/mol. The first-order valence-corrected chi connectivity index (χ1v) is 8.48. The van der Waals surface area contributed by atoms with Gasteiger partial charge >= 0.3 is 13.2 Å². The van der Waals surface area contributed by atoms with Crippen LogP contribution in [0.4, 0.5) is 23.2 Å². The monoisotopic (exact) mass is 430 g/mol. The van der Waals surface area contributed by atoms with Gasteiger partial charge in [0.25, 0.3) is 0 Å². The van der Waals surface area contributed by atoms with E-state index >= 15 is 0 Å². The molecular weight excluding hydrogens is 412 g/mol. The van der Waals surface area contributed by atoms with Crippen LogP contribution < -0.4 is 19.5 Å². The van der Waals surface area contributed by atoms with E-state index < -0.39 is 24.9 Å². The number of halogens is 4. The lowest BCUT2D eigenvalue weighted by Gasteiger charge is -2.11. The summed E-state index contributed by atoms with van der Waals surface area (Å²) in [7, 11) is 1.51. The second-order valence-corrected chi connectivity index (χ2v) is 5.48. The number of amides is 1. The van der Waals surface area contributed by atoms with Gasteiger partial charge in [0.1, 0.15) is 23.8 Å². The largest absolute Gasteiger partial charge is 0.474 e. The molecule has 1 amide bonds. The Hall–Kier alpha value is -3.34. The van der Waals surface area contributed by atoms with Crippen molar-refractivity contribution in [1.29, 1.82) is 0 Å². The third-order valence-electron chi connectivity index (χ3n) is 3.40. The normalized spacial score (nSPS) is 11.2. The number of nitrogens with zero attached hydrogens (tertiary/aromatic N) is 1. The number of carbonyl (C=O) groups excluding carboxylic acids is 1. The van der Waals surface area contributed by atoms with Crippen LogP contribution in [-0.4, -0.2) is 44.4 Å². The van der Waals surface area contributed by atoms with Crippen LogP contribution in [0.5, 0.6) is 17.4 Å². The highest BCUT2D eigenvalue weighted by molar-refractivity contribution is 6.02. The molecule has 0 bridgehead atoms. The van der Waals surface area contributed by atoms with Crippen molar-refractivity contribution in [2.24, 2.45) is 0 Å². The fraction of sp³-hybridized carbons (Fsp3) is 0.263. The molecule has 162 valence electrons. The maximum absolute atomic E-state index is 12.6. The second-order valence-electron chi connectivity index (χ2n) is 5.48. The molecule has 0 fully saturated rings. The zero-order valence-electron chi connectivity index (χ0n) is 15.7. The molecule has 0 aliphatic heterocycles. The first kappa shape index (κ1) is 22.9. The van der Waals surface area contributed by atoms with Crippen molar-refractivity contribution in [3.63, 3.8) is 0 Å². The van der Waals surface area contributed by atoms with Gasteiger partial charge in [0, 0.05) is 31.0 Å². The summed E-state index contributed by atoms with van der Waals surface area (Å²) in [6, 6.07) is 6.34. The zero-order chi connectivity index (χ0) is 21.9. The van der Waals surface area contributed by atoms with Gasteiger partial charge in [0.15, 0.2) is 0 Å². The molecule has 0 unspecified atom stereocenters. The molecular formula is C19H18F4N2O5. The number of hydrogen-bond donors (Lipinski definition) is 1. The third kappa shape index (κ3) is 7.59. The molecule has 0 aliphatic carbocycles. The molecule has 0 saturated carbocycles. The number of methoxy groups -OCH3 is 1. The minimum atomic E-state index is -3.20. The fourth-order valence-electron chi connectivity index (χ4n) is 2.19. The Morgan fingerprint density at radius 3 is 2.60 bits per heavy atom. The molecule has 1 aromatic carbocycles. The van der Waals surface area contributed by atoms with Gasteiger partial charge in [0.2, 0.25) is 11.8 Å². The molecule has 2 aromatic rings. The van der Waals surface area contributed by atoms with E-state index in [-0.39, 0.29) is 29.5 Å². The SMILES string of the molecule is COCCOc1ncccc1NC(=O)/C=C/c1ccc(OC(F)F)cc1OC(F)F. The van der Waals surface area contributed by atoms with Crippen LogP contribution in [0.1, 0.15) is 5.56 Å². The average Bonchev–Trinajstić information content (AvgIpc) is 2.68. The quantitative estimate of drug-likeness (QED) is 0.330. The highest BCUT2D eigenvalue weighted by Crippen LogP contribution is 2.28. The van der Waals surface area contributed by atoms with Gasteiger partial charge in [-0.3, -0.25) is 4.79 Å². The molecule has 1 heterocycles. The number of pyridine rings is 1. The van der Waals surface area contributed by atoms with Crippen molar-refractivity contribution in [1.82, 2.24) is 4.98 Å². The summed E-state index contributed by atoms with van der Waals surface area (Å²) < 4.78 is 68.6. The van der Waals surface area contributed by atoms with Gasteiger partial charge in [-0.1, -0.05) is 0 Å². The van der Waals surface area contributed by atoms with Gasteiger partial charge in [-0.2, -0.15) is 17.6 Å². The smallest absolute Gasteiger partial charge is 0.387 e. The Morgan fingerprint density at radius 1 is 1.13 bits per heavy atom. The summed E-state index contributed by atoms with van der Waals surface area (Å²) in [6.45, 7) is -5.79. The fourth-order valence-corrected chi connectivity index (χ4v) is 2.19. The zero-order valence-corrected chi connectivity index (χ0v) is 15.7. The van der Waals surface area contributed by atoms with Crippen molar-refractivity contribution in [2.45, 2.75) is 13.2 Å².